The number of alkyl halides is 2. The Morgan fingerprint density at radius 1 is 1.02 bits per heavy atom. The van der Waals surface area contributed by atoms with Gasteiger partial charge < -0.3 is 19.9 Å². The van der Waals surface area contributed by atoms with E-state index in [9.17, 15) is 22.8 Å². The summed E-state index contributed by atoms with van der Waals surface area (Å²) in [6.07, 6.45) is 0.787. The highest BCUT2D eigenvalue weighted by Gasteiger charge is 2.32. The third-order valence-electron chi connectivity index (χ3n) is 8.46. The van der Waals surface area contributed by atoms with E-state index in [0.29, 0.717) is 45.4 Å². The van der Waals surface area contributed by atoms with Gasteiger partial charge in [0.05, 0.1) is 17.1 Å². The smallest absolute Gasteiger partial charge is 0.410 e. The van der Waals surface area contributed by atoms with Crippen molar-refractivity contribution in [1.82, 2.24) is 14.8 Å². The minimum atomic E-state index is -2.89. The second kappa shape index (κ2) is 13.1. The second-order valence-electron chi connectivity index (χ2n) is 13.0. The molecule has 3 aromatic rings. The number of rotatable bonds is 6. The maximum absolute atomic E-state index is 14.9. The van der Waals surface area contributed by atoms with Gasteiger partial charge in [-0.05, 0) is 83.2 Å². The van der Waals surface area contributed by atoms with Crippen LogP contribution in [0.3, 0.4) is 0 Å². The van der Waals surface area contributed by atoms with Crippen LogP contribution in [0.5, 0.6) is 0 Å². The largest absolute Gasteiger partial charge is 0.444 e. The second-order valence-corrected chi connectivity index (χ2v) is 13.0. The predicted octanol–water partition coefficient (Wildman–Crippen LogP) is 8.06. The molecule has 0 saturated carbocycles. The van der Waals surface area contributed by atoms with Crippen LogP contribution in [0.4, 0.5) is 23.7 Å². The number of aryl methyl sites for hydroxylation is 1. The van der Waals surface area contributed by atoms with Crippen molar-refractivity contribution in [2.45, 2.75) is 71.9 Å². The molecule has 0 radical (unpaired) electrons. The standard InChI is InChI=1S/C35H41F3N4O3/c1-21-19-30(40-22(2)26-7-6-8-27(31(26)36)32(37)38)28-20-25(9-10-29(28)39-21)23-11-15-41(16-12-23)33(43)24-13-17-42(18-14-24)34(44)45-35(3,4)5/h6-11,19-20,22,24,32H,12-18H2,1-5H3,(H,39,40). The average Bonchev–Trinajstić information content (AvgIpc) is 2.99. The summed E-state index contributed by atoms with van der Waals surface area (Å²) in [4.78, 5) is 34.0. The molecule has 2 aromatic carbocycles. The normalized spacial score (nSPS) is 17.0. The van der Waals surface area contributed by atoms with Crippen LogP contribution in [-0.4, -0.2) is 58.6 Å². The van der Waals surface area contributed by atoms with Crippen LogP contribution in [0, 0.1) is 18.7 Å². The number of ether oxygens (including phenoxy) is 1. The van der Waals surface area contributed by atoms with Crippen molar-refractivity contribution in [2.24, 2.45) is 5.92 Å². The molecule has 1 atom stereocenters. The van der Waals surface area contributed by atoms with Crippen molar-refractivity contribution in [3.05, 3.63) is 76.7 Å². The summed E-state index contributed by atoms with van der Waals surface area (Å²) in [7, 11) is 0. The zero-order valence-corrected chi connectivity index (χ0v) is 26.5. The molecule has 1 unspecified atom stereocenters. The van der Waals surface area contributed by atoms with E-state index in [0.717, 1.165) is 39.5 Å². The third kappa shape index (κ3) is 7.43. The molecule has 3 heterocycles. The molecule has 0 bridgehead atoms. The maximum atomic E-state index is 14.9. The van der Waals surface area contributed by atoms with Gasteiger partial charge in [-0.3, -0.25) is 9.78 Å². The van der Waals surface area contributed by atoms with Crippen LogP contribution in [0.25, 0.3) is 16.5 Å². The molecule has 7 nitrogen and oxygen atoms in total. The SMILES string of the molecule is Cc1cc(NC(C)c2cccc(C(F)F)c2F)c2cc(C3=CCN(C(=O)C4CCN(C(=O)OC(C)(C)C)CC4)CC3)ccc2n1. The first-order valence-corrected chi connectivity index (χ1v) is 15.5. The Morgan fingerprint density at radius 3 is 2.38 bits per heavy atom. The van der Waals surface area contributed by atoms with E-state index in [1.165, 1.54) is 12.1 Å². The topological polar surface area (TPSA) is 74.8 Å². The number of piperidine rings is 1. The maximum Gasteiger partial charge on any atom is 0.410 e. The lowest BCUT2D eigenvalue weighted by molar-refractivity contribution is -0.136. The molecular weight excluding hydrogens is 581 g/mol. The van der Waals surface area contributed by atoms with Crippen LogP contribution < -0.4 is 5.32 Å². The summed E-state index contributed by atoms with van der Waals surface area (Å²) in [5.74, 6) is -0.894. The Hall–Kier alpha value is -4.08. The number of likely N-dealkylation sites (tertiary alicyclic amines) is 1. The van der Waals surface area contributed by atoms with Gasteiger partial charge in [0.2, 0.25) is 5.91 Å². The minimum absolute atomic E-state index is 0.115. The van der Waals surface area contributed by atoms with Crippen molar-refractivity contribution >= 4 is 34.2 Å². The fraction of sp³-hybridized carbons (Fsp3) is 0.457. The fourth-order valence-electron chi connectivity index (χ4n) is 6.08. The molecule has 5 rings (SSSR count). The lowest BCUT2D eigenvalue weighted by Gasteiger charge is -2.36. The van der Waals surface area contributed by atoms with Crippen LogP contribution in [0.1, 0.15) is 81.8 Å². The molecule has 2 aliphatic heterocycles. The zero-order valence-electron chi connectivity index (χ0n) is 26.5. The van der Waals surface area contributed by atoms with Gasteiger partial charge in [0, 0.05) is 54.4 Å². The summed E-state index contributed by atoms with van der Waals surface area (Å²) in [5.41, 5.74) is 3.41. The summed E-state index contributed by atoms with van der Waals surface area (Å²) >= 11 is 0. The number of amides is 2. The molecular formula is C35H41F3N4O3. The minimum Gasteiger partial charge on any atom is -0.444 e. The molecule has 1 aromatic heterocycles. The first-order chi connectivity index (χ1) is 21.3. The molecule has 0 spiro atoms. The number of carbonyl (C=O) groups excluding carboxylic acids is 2. The number of anilines is 1. The van der Waals surface area contributed by atoms with Crippen LogP contribution in [0.15, 0.2) is 48.5 Å². The molecule has 240 valence electrons. The lowest BCUT2D eigenvalue weighted by Crippen LogP contribution is -2.46. The summed E-state index contributed by atoms with van der Waals surface area (Å²) in [6, 6.07) is 11.4. The van der Waals surface area contributed by atoms with E-state index in [1.807, 2.05) is 56.9 Å². The van der Waals surface area contributed by atoms with Crippen molar-refractivity contribution in [3.8, 4) is 0 Å². The van der Waals surface area contributed by atoms with Crippen LogP contribution in [-0.2, 0) is 9.53 Å². The number of nitrogens with one attached hydrogen (secondary N) is 1. The molecule has 1 saturated heterocycles. The molecule has 45 heavy (non-hydrogen) atoms. The number of aromatic nitrogens is 1. The Bertz CT molecular complexity index is 1610. The van der Waals surface area contributed by atoms with Gasteiger partial charge in [0.15, 0.2) is 0 Å². The number of pyridine rings is 1. The molecule has 2 amide bonds. The van der Waals surface area contributed by atoms with E-state index in [1.54, 1.807) is 11.8 Å². The monoisotopic (exact) mass is 622 g/mol. The number of carbonyl (C=O) groups is 2. The predicted molar refractivity (Wildman–Crippen MR) is 170 cm³/mol. The number of benzene rings is 2. The van der Waals surface area contributed by atoms with E-state index in [4.69, 9.17) is 4.74 Å². The highest BCUT2D eigenvalue weighted by Crippen LogP contribution is 2.34. The molecule has 1 N–H and O–H groups in total. The average molecular weight is 623 g/mol. The lowest BCUT2D eigenvalue weighted by atomic mass is 9.93. The Kier molecular flexibility index (Phi) is 9.41. The van der Waals surface area contributed by atoms with Crippen molar-refractivity contribution in [2.75, 3.05) is 31.5 Å². The Labute approximate surface area is 262 Å². The van der Waals surface area contributed by atoms with E-state index in [2.05, 4.69) is 16.4 Å². The first-order valence-electron chi connectivity index (χ1n) is 15.5. The number of hydrogen-bond donors (Lipinski definition) is 1. The summed E-state index contributed by atoms with van der Waals surface area (Å²) in [6.45, 7) is 11.3. The van der Waals surface area contributed by atoms with E-state index >= 15 is 0 Å². The molecule has 1 fully saturated rings. The van der Waals surface area contributed by atoms with Crippen LogP contribution in [0.2, 0.25) is 0 Å². The summed E-state index contributed by atoms with van der Waals surface area (Å²) in [5, 5.41) is 4.17. The highest BCUT2D eigenvalue weighted by molar-refractivity contribution is 5.94. The van der Waals surface area contributed by atoms with Crippen molar-refractivity contribution < 1.29 is 27.5 Å². The summed E-state index contributed by atoms with van der Waals surface area (Å²) < 4.78 is 47.0. The third-order valence-corrected chi connectivity index (χ3v) is 8.46. The number of halogens is 3. The van der Waals surface area contributed by atoms with E-state index < -0.39 is 29.4 Å². The quantitative estimate of drug-likeness (QED) is 0.301. The number of hydrogen-bond acceptors (Lipinski definition) is 5. The zero-order chi connectivity index (χ0) is 32.5. The van der Waals surface area contributed by atoms with Gasteiger partial charge in [-0.25, -0.2) is 18.0 Å². The van der Waals surface area contributed by atoms with Gasteiger partial charge in [-0.2, -0.15) is 0 Å². The van der Waals surface area contributed by atoms with Gasteiger partial charge in [0.1, 0.15) is 11.4 Å². The van der Waals surface area contributed by atoms with Crippen molar-refractivity contribution in [3.63, 3.8) is 0 Å². The van der Waals surface area contributed by atoms with Gasteiger partial charge in [-0.15, -0.1) is 0 Å². The van der Waals surface area contributed by atoms with Gasteiger partial charge in [0.25, 0.3) is 6.43 Å². The van der Waals surface area contributed by atoms with Crippen molar-refractivity contribution in [1.29, 1.82) is 0 Å². The highest BCUT2D eigenvalue weighted by atomic mass is 19.3. The fourth-order valence-corrected chi connectivity index (χ4v) is 6.08. The Morgan fingerprint density at radius 2 is 1.73 bits per heavy atom. The van der Waals surface area contributed by atoms with E-state index in [-0.39, 0.29) is 23.5 Å². The first kappa shape index (κ1) is 32.3. The molecule has 0 aliphatic carbocycles. The molecule has 10 heteroatoms. The molecule has 2 aliphatic rings. The number of fused-ring (bicyclic) bond motifs is 1. The Balaban J connectivity index is 1.27. The van der Waals surface area contributed by atoms with Crippen LogP contribution >= 0.6 is 0 Å². The van der Waals surface area contributed by atoms with Gasteiger partial charge in [-0.1, -0.05) is 30.3 Å². The number of nitrogens with zero attached hydrogens (tertiary/aromatic N) is 3. The van der Waals surface area contributed by atoms with Gasteiger partial charge >= 0.3 is 6.09 Å².